The van der Waals surface area contributed by atoms with Gasteiger partial charge >= 0.3 is 0 Å². The van der Waals surface area contributed by atoms with Crippen LogP contribution < -0.4 is 10.5 Å². The Morgan fingerprint density at radius 2 is 2.13 bits per heavy atom. The molecule has 0 atom stereocenters. The van der Waals surface area contributed by atoms with Gasteiger partial charge in [-0.1, -0.05) is 0 Å². The van der Waals surface area contributed by atoms with E-state index in [1.807, 2.05) is 4.90 Å². The van der Waals surface area contributed by atoms with E-state index < -0.39 is 0 Å². The van der Waals surface area contributed by atoms with Crippen LogP contribution in [-0.4, -0.2) is 33.9 Å². The smallest absolute Gasteiger partial charge is 0.293 e. The summed E-state index contributed by atoms with van der Waals surface area (Å²) in [5, 5.41) is 9.37. The Hall–Kier alpha value is -1.36. The Balaban J connectivity index is 2.23. The van der Waals surface area contributed by atoms with Crippen molar-refractivity contribution in [2.24, 2.45) is 7.05 Å². The zero-order valence-electron chi connectivity index (χ0n) is 8.76. The Kier molecular flexibility index (Phi) is 2.73. The van der Waals surface area contributed by atoms with Gasteiger partial charge in [-0.05, 0) is 12.8 Å². The highest BCUT2D eigenvalue weighted by molar-refractivity contribution is 5.36. The number of aliphatic hydroxyl groups excluding tert-OH is 1. The van der Waals surface area contributed by atoms with Gasteiger partial charge in [0.25, 0.3) is 5.56 Å². The Bertz CT molecular complexity index is 394. The van der Waals surface area contributed by atoms with Crippen LogP contribution in [0, 0.1) is 0 Å². The van der Waals surface area contributed by atoms with Gasteiger partial charge in [-0.2, -0.15) is 0 Å². The first-order chi connectivity index (χ1) is 7.18. The summed E-state index contributed by atoms with van der Waals surface area (Å²) in [7, 11) is 1.71. The minimum absolute atomic E-state index is 0.0751. The SMILES string of the molecule is Cn1ccnc(N2CCC(O)CC2)c1=O. The standard InChI is InChI=1S/C10H15N3O2/c1-12-7-4-11-9(10(12)15)13-5-2-8(14)3-6-13/h4,7-8,14H,2-3,5-6H2,1H3. The fourth-order valence-corrected chi connectivity index (χ4v) is 1.78. The van der Waals surface area contributed by atoms with E-state index in [0.29, 0.717) is 31.7 Å². The Morgan fingerprint density at radius 3 is 2.80 bits per heavy atom. The minimum atomic E-state index is -0.228. The number of nitrogens with zero attached hydrogens (tertiary/aromatic N) is 3. The van der Waals surface area contributed by atoms with Crippen molar-refractivity contribution in [3.8, 4) is 0 Å². The van der Waals surface area contributed by atoms with Gasteiger partial charge in [0.15, 0.2) is 5.82 Å². The van der Waals surface area contributed by atoms with Crippen molar-refractivity contribution in [2.75, 3.05) is 18.0 Å². The molecule has 5 nitrogen and oxygen atoms in total. The van der Waals surface area contributed by atoms with E-state index in [9.17, 15) is 9.90 Å². The molecule has 1 aliphatic heterocycles. The summed E-state index contributed by atoms with van der Waals surface area (Å²) in [6.07, 6.45) is 4.46. The molecule has 2 rings (SSSR count). The van der Waals surface area contributed by atoms with Crippen LogP contribution in [0.1, 0.15) is 12.8 Å². The number of aromatic nitrogens is 2. The quantitative estimate of drug-likeness (QED) is 0.692. The lowest BCUT2D eigenvalue weighted by Gasteiger charge is -2.29. The molecular formula is C10H15N3O2. The van der Waals surface area contributed by atoms with E-state index in [-0.39, 0.29) is 11.7 Å². The molecule has 15 heavy (non-hydrogen) atoms. The van der Waals surface area contributed by atoms with Gasteiger partial charge < -0.3 is 14.6 Å². The third kappa shape index (κ3) is 2.02. The first-order valence-electron chi connectivity index (χ1n) is 5.13. The molecule has 0 bridgehead atoms. The summed E-state index contributed by atoms with van der Waals surface area (Å²) < 4.78 is 1.52. The minimum Gasteiger partial charge on any atom is -0.393 e. The molecule has 0 amide bonds. The molecule has 0 aliphatic carbocycles. The summed E-state index contributed by atoms with van der Waals surface area (Å²) in [4.78, 5) is 17.8. The van der Waals surface area contributed by atoms with Crippen molar-refractivity contribution >= 4 is 5.82 Å². The summed E-state index contributed by atoms with van der Waals surface area (Å²) in [5.74, 6) is 0.492. The zero-order valence-corrected chi connectivity index (χ0v) is 8.76. The first-order valence-corrected chi connectivity index (χ1v) is 5.13. The average molecular weight is 209 g/mol. The predicted octanol–water partition coefficient (Wildman–Crippen LogP) is -0.259. The first kappa shape index (κ1) is 10.2. The number of aryl methyl sites for hydroxylation is 1. The van der Waals surface area contributed by atoms with E-state index in [0.717, 1.165) is 0 Å². The van der Waals surface area contributed by atoms with Crippen LogP contribution in [0.3, 0.4) is 0 Å². The molecule has 1 aromatic rings. The fraction of sp³-hybridized carbons (Fsp3) is 0.600. The van der Waals surface area contributed by atoms with Gasteiger partial charge in [-0.25, -0.2) is 4.98 Å². The fourth-order valence-electron chi connectivity index (χ4n) is 1.78. The predicted molar refractivity (Wildman–Crippen MR) is 56.9 cm³/mol. The second-order valence-corrected chi connectivity index (χ2v) is 3.89. The van der Waals surface area contributed by atoms with Crippen LogP contribution in [0.15, 0.2) is 17.2 Å². The second kappa shape index (κ2) is 4.02. The molecule has 0 spiro atoms. The van der Waals surface area contributed by atoms with Gasteiger partial charge in [0.05, 0.1) is 6.10 Å². The molecule has 0 radical (unpaired) electrons. The molecule has 1 saturated heterocycles. The maximum absolute atomic E-state index is 11.7. The topological polar surface area (TPSA) is 58.4 Å². The molecule has 5 heteroatoms. The number of piperidine rings is 1. The number of hydrogen-bond donors (Lipinski definition) is 1. The van der Waals surface area contributed by atoms with Crippen LogP contribution in [0.5, 0.6) is 0 Å². The van der Waals surface area contributed by atoms with Crippen molar-refractivity contribution in [2.45, 2.75) is 18.9 Å². The van der Waals surface area contributed by atoms with Crippen molar-refractivity contribution in [3.63, 3.8) is 0 Å². The van der Waals surface area contributed by atoms with Crippen molar-refractivity contribution in [3.05, 3.63) is 22.7 Å². The Morgan fingerprint density at radius 1 is 1.47 bits per heavy atom. The molecule has 0 saturated carbocycles. The van der Waals surface area contributed by atoms with Crippen molar-refractivity contribution < 1.29 is 5.11 Å². The van der Waals surface area contributed by atoms with E-state index >= 15 is 0 Å². The third-order valence-corrected chi connectivity index (χ3v) is 2.76. The lowest BCUT2D eigenvalue weighted by Crippen LogP contribution is -2.40. The normalized spacial score (nSPS) is 18.1. The van der Waals surface area contributed by atoms with Crippen LogP contribution >= 0.6 is 0 Å². The van der Waals surface area contributed by atoms with E-state index in [4.69, 9.17) is 0 Å². The van der Waals surface area contributed by atoms with E-state index in [2.05, 4.69) is 4.98 Å². The largest absolute Gasteiger partial charge is 0.393 e. The Labute approximate surface area is 88.0 Å². The van der Waals surface area contributed by atoms with Crippen LogP contribution in [0.2, 0.25) is 0 Å². The average Bonchev–Trinajstić information content (AvgIpc) is 2.24. The molecule has 1 N–H and O–H groups in total. The molecule has 1 fully saturated rings. The number of aliphatic hydroxyl groups is 1. The lowest BCUT2D eigenvalue weighted by atomic mass is 10.1. The monoisotopic (exact) mass is 209 g/mol. The maximum Gasteiger partial charge on any atom is 0.293 e. The van der Waals surface area contributed by atoms with Crippen molar-refractivity contribution in [1.82, 2.24) is 9.55 Å². The van der Waals surface area contributed by atoms with Gasteiger partial charge in [-0.3, -0.25) is 4.79 Å². The van der Waals surface area contributed by atoms with Gasteiger partial charge in [-0.15, -0.1) is 0 Å². The number of rotatable bonds is 1. The molecule has 0 aromatic carbocycles. The molecule has 2 heterocycles. The molecule has 0 unspecified atom stereocenters. The van der Waals surface area contributed by atoms with Gasteiger partial charge in [0.2, 0.25) is 0 Å². The highest BCUT2D eigenvalue weighted by atomic mass is 16.3. The van der Waals surface area contributed by atoms with Crippen LogP contribution in [0.25, 0.3) is 0 Å². The zero-order chi connectivity index (χ0) is 10.8. The molecular weight excluding hydrogens is 194 g/mol. The number of hydrogen-bond acceptors (Lipinski definition) is 4. The summed E-state index contributed by atoms with van der Waals surface area (Å²) >= 11 is 0. The maximum atomic E-state index is 11.7. The van der Waals surface area contributed by atoms with Crippen molar-refractivity contribution in [1.29, 1.82) is 0 Å². The lowest BCUT2D eigenvalue weighted by molar-refractivity contribution is 0.145. The van der Waals surface area contributed by atoms with Crippen LogP contribution in [0.4, 0.5) is 5.82 Å². The molecule has 1 aromatic heterocycles. The summed E-state index contributed by atoms with van der Waals surface area (Å²) in [6.45, 7) is 1.40. The van der Waals surface area contributed by atoms with E-state index in [1.165, 1.54) is 4.57 Å². The molecule has 1 aliphatic rings. The summed E-state index contributed by atoms with van der Waals surface area (Å²) in [5.41, 5.74) is -0.0751. The third-order valence-electron chi connectivity index (χ3n) is 2.76. The highest BCUT2D eigenvalue weighted by Gasteiger charge is 2.20. The molecule has 82 valence electrons. The van der Waals surface area contributed by atoms with E-state index in [1.54, 1.807) is 19.4 Å². The van der Waals surface area contributed by atoms with Gasteiger partial charge in [0.1, 0.15) is 0 Å². The number of anilines is 1. The summed E-state index contributed by atoms with van der Waals surface area (Å²) in [6, 6.07) is 0. The second-order valence-electron chi connectivity index (χ2n) is 3.89. The van der Waals surface area contributed by atoms with Crippen LogP contribution in [-0.2, 0) is 7.05 Å². The van der Waals surface area contributed by atoms with Gasteiger partial charge in [0, 0.05) is 32.5 Å². The highest BCUT2D eigenvalue weighted by Crippen LogP contribution is 2.13.